The van der Waals surface area contributed by atoms with Crippen LogP contribution in [-0.2, 0) is 0 Å². The third kappa shape index (κ3) is 3.63. The average Bonchev–Trinajstić information content (AvgIpc) is 2.63. The maximum absolute atomic E-state index is 3.31. The molecule has 1 N–H and O–H groups in total. The van der Waals surface area contributed by atoms with E-state index in [1.165, 1.54) is 13.1 Å². The number of likely N-dealkylation sites (N-methyl/N-ethyl adjacent to an activating group) is 3. The van der Waals surface area contributed by atoms with Crippen LogP contribution in [0.15, 0.2) is 0 Å². The third-order valence-corrected chi connectivity index (χ3v) is 2.40. The molecule has 1 fully saturated rings. The van der Waals surface area contributed by atoms with Gasteiger partial charge in [-0.15, -0.1) is 0 Å². The van der Waals surface area contributed by atoms with Crippen LogP contribution in [0.3, 0.4) is 0 Å². The molecule has 3 nitrogen and oxygen atoms in total. The van der Waals surface area contributed by atoms with E-state index in [2.05, 4.69) is 29.2 Å². The fourth-order valence-electron chi connectivity index (χ4n) is 1.64. The number of nitrogens with zero attached hydrogens (tertiary/aromatic N) is 2. The molecule has 1 heterocycles. The summed E-state index contributed by atoms with van der Waals surface area (Å²) in [7, 11) is 2.04. The second kappa shape index (κ2) is 7.30. The van der Waals surface area contributed by atoms with Crippen molar-refractivity contribution in [3.05, 3.63) is 0 Å². The predicted molar refractivity (Wildman–Crippen MR) is 58.7 cm³/mol. The molecule has 0 bridgehead atoms. The van der Waals surface area contributed by atoms with E-state index >= 15 is 0 Å². The second-order valence-corrected chi connectivity index (χ2v) is 3.00. The van der Waals surface area contributed by atoms with Gasteiger partial charge in [-0.25, -0.2) is 10.0 Å². The Kier molecular flexibility index (Phi) is 7.23. The Morgan fingerprint density at radius 3 is 1.69 bits per heavy atom. The molecule has 0 spiro atoms. The molecule has 1 rings (SSSR count). The maximum Gasteiger partial charge on any atom is 0.0348 e. The van der Waals surface area contributed by atoms with Crippen molar-refractivity contribution >= 4 is 0 Å². The molecule has 0 aromatic rings. The lowest BCUT2D eigenvalue weighted by Gasteiger charge is -2.24. The molecule has 0 amide bonds. The molecule has 0 saturated carbocycles. The van der Waals surface area contributed by atoms with Gasteiger partial charge in [0.25, 0.3) is 0 Å². The van der Waals surface area contributed by atoms with Crippen LogP contribution in [-0.4, -0.2) is 49.3 Å². The van der Waals surface area contributed by atoms with Gasteiger partial charge in [0.15, 0.2) is 0 Å². The minimum absolute atomic E-state index is 0.662. The van der Waals surface area contributed by atoms with E-state index in [9.17, 15) is 0 Å². The van der Waals surface area contributed by atoms with E-state index in [1.807, 2.05) is 20.9 Å². The first-order valence-electron chi connectivity index (χ1n) is 5.48. The van der Waals surface area contributed by atoms with Crippen molar-refractivity contribution in [2.24, 2.45) is 0 Å². The molecule has 1 saturated heterocycles. The molecule has 0 aromatic heterocycles. The van der Waals surface area contributed by atoms with Crippen molar-refractivity contribution in [1.29, 1.82) is 0 Å². The fourth-order valence-corrected chi connectivity index (χ4v) is 1.64. The zero-order valence-electron chi connectivity index (χ0n) is 9.80. The van der Waals surface area contributed by atoms with E-state index in [0.717, 1.165) is 13.1 Å². The summed E-state index contributed by atoms with van der Waals surface area (Å²) in [6, 6.07) is 0.662. The van der Waals surface area contributed by atoms with Crippen LogP contribution in [0.25, 0.3) is 0 Å². The normalized spacial score (nSPS) is 20.1. The Morgan fingerprint density at radius 2 is 1.46 bits per heavy atom. The first kappa shape index (κ1) is 12.9. The highest BCUT2D eigenvalue weighted by molar-refractivity contribution is 4.79. The molecular weight excluding hydrogens is 162 g/mol. The van der Waals surface area contributed by atoms with Gasteiger partial charge in [0.2, 0.25) is 0 Å². The lowest BCUT2D eigenvalue weighted by Crippen LogP contribution is -2.35. The number of hydrazine groups is 1. The zero-order chi connectivity index (χ0) is 10.3. The summed E-state index contributed by atoms with van der Waals surface area (Å²) >= 11 is 0. The van der Waals surface area contributed by atoms with Gasteiger partial charge in [-0.2, -0.15) is 0 Å². The summed E-state index contributed by atoms with van der Waals surface area (Å²) in [6.07, 6.45) is 0. The average molecular weight is 187 g/mol. The second-order valence-electron chi connectivity index (χ2n) is 3.00. The van der Waals surface area contributed by atoms with Crippen LogP contribution in [0.4, 0.5) is 0 Å². The molecule has 1 aliphatic rings. The molecule has 0 aromatic carbocycles. The van der Waals surface area contributed by atoms with E-state index in [0.29, 0.717) is 6.04 Å². The summed E-state index contributed by atoms with van der Waals surface area (Å²) in [4.78, 5) is 0. The minimum atomic E-state index is 0.662. The highest BCUT2D eigenvalue weighted by Crippen LogP contribution is 2.08. The molecule has 1 aliphatic heterocycles. The van der Waals surface area contributed by atoms with Gasteiger partial charge in [-0.3, -0.25) is 0 Å². The van der Waals surface area contributed by atoms with Crippen LogP contribution >= 0.6 is 0 Å². The molecule has 0 radical (unpaired) electrons. The van der Waals surface area contributed by atoms with Gasteiger partial charge in [0.1, 0.15) is 0 Å². The standard InChI is InChI=1S/C8H19N3.C2H6/c1-4-10-6-8(9-3)7-11(10)5-2;1-2/h8-9H,4-7H2,1-3H3;1-2H3. The third-order valence-electron chi connectivity index (χ3n) is 2.40. The Balaban J connectivity index is 0.000000671. The molecule has 3 heteroatoms. The van der Waals surface area contributed by atoms with Crippen LogP contribution in [0, 0.1) is 0 Å². The van der Waals surface area contributed by atoms with Gasteiger partial charge in [0.05, 0.1) is 0 Å². The highest BCUT2D eigenvalue weighted by atomic mass is 15.6. The Hall–Kier alpha value is -0.120. The van der Waals surface area contributed by atoms with Gasteiger partial charge < -0.3 is 5.32 Å². The van der Waals surface area contributed by atoms with E-state index in [4.69, 9.17) is 0 Å². The minimum Gasteiger partial charge on any atom is -0.314 e. The topological polar surface area (TPSA) is 18.5 Å². The highest BCUT2D eigenvalue weighted by Gasteiger charge is 2.25. The van der Waals surface area contributed by atoms with Crippen LogP contribution < -0.4 is 5.32 Å². The number of nitrogens with one attached hydrogen (secondary N) is 1. The van der Waals surface area contributed by atoms with E-state index in [-0.39, 0.29) is 0 Å². The first-order chi connectivity index (χ1) is 6.31. The number of hydrogen-bond donors (Lipinski definition) is 1. The monoisotopic (exact) mass is 187 g/mol. The largest absolute Gasteiger partial charge is 0.314 e. The lowest BCUT2D eigenvalue weighted by molar-refractivity contribution is 0.0388. The van der Waals surface area contributed by atoms with Crippen molar-refractivity contribution in [3.63, 3.8) is 0 Å². The maximum atomic E-state index is 3.31. The van der Waals surface area contributed by atoms with Gasteiger partial charge >= 0.3 is 0 Å². The van der Waals surface area contributed by atoms with Crippen LogP contribution in [0.2, 0.25) is 0 Å². The first-order valence-corrected chi connectivity index (χ1v) is 5.48. The van der Waals surface area contributed by atoms with Gasteiger partial charge in [-0.1, -0.05) is 27.7 Å². The Bertz CT molecular complexity index is 105. The summed E-state index contributed by atoms with van der Waals surface area (Å²) in [5.74, 6) is 0. The fraction of sp³-hybridized carbons (Fsp3) is 1.00. The molecule has 80 valence electrons. The Labute approximate surface area is 83.1 Å². The van der Waals surface area contributed by atoms with Crippen molar-refractivity contribution in [2.75, 3.05) is 33.2 Å². The Morgan fingerprint density at radius 1 is 1.08 bits per heavy atom. The molecule has 0 atom stereocenters. The zero-order valence-corrected chi connectivity index (χ0v) is 9.80. The smallest absolute Gasteiger partial charge is 0.0348 e. The van der Waals surface area contributed by atoms with Gasteiger partial charge in [-0.05, 0) is 7.05 Å². The van der Waals surface area contributed by atoms with E-state index < -0.39 is 0 Å². The van der Waals surface area contributed by atoms with Crippen LogP contribution in [0.1, 0.15) is 27.7 Å². The SMILES string of the molecule is CC.CCN1CC(NC)CN1CC. The number of rotatable bonds is 3. The van der Waals surface area contributed by atoms with Gasteiger partial charge in [0, 0.05) is 32.2 Å². The van der Waals surface area contributed by atoms with Crippen molar-refractivity contribution in [1.82, 2.24) is 15.3 Å². The predicted octanol–water partition coefficient (Wildman–Crippen LogP) is 1.17. The molecule has 13 heavy (non-hydrogen) atoms. The summed E-state index contributed by atoms with van der Waals surface area (Å²) < 4.78 is 0. The van der Waals surface area contributed by atoms with Crippen molar-refractivity contribution in [2.45, 2.75) is 33.7 Å². The summed E-state index contributed by atoms with van der Waals surface area (Å²) in [5, 5.41) is 8.12. The summed E-state index contributed by atoms with van der Waals surface area (Å²) in [6.45, 7) is 13.0. The molecular formula is C10H25N3. The van der Waals surface area contributed by atoms with E-state index in [1.54, 1.807) is 0 Å². The number of hydrogen-bond acceptors (Lipinski definition) is 3. The summed E-state index contributed by atoms with van der Waals surface area (Å²) in [5.41, 5.74) is 0. The van der Waals surface area contributed by atoms with Crippen LogP contribution in [0.5, 0.6) is 0 Å². The van der Waals surface area contributed by atoms with Crippen molar-refractivity contribution in [3.8, 4) is 0 Å². The molecule has 0 aliphatic carbocycles. The quantitative estimate of drug-likeness (QED) is 0.715. The van der Waals surface area contributed by atoms with Crippen molar-refractivity contribution < 1.29 is 0 Å². The lowest BCUT2D eigenvalue weighted by atomic mass is 10.3. The molecule has 0 unspecified atom stereocenters.